The lowest BCUT2D eigenvalue weighted by Gasteiger charge is -2.12. The third kappa shape index (κ3) is 5.56. The molecule has 0 heterocycles. The summed E-state index contributed by atoms with van der Waals surface area (Å²) in [5.41, 5.74) is 4.77. The molecule has 114 valence electrons. The molecule has 3 N–H and O–H groups in total. The molecule has 0 bridgehead atoms. The van der Waals surface area contributed by atoms with Crippen molar-refractivity contribution in [2.75, 3.05) is 13.7 Å². The molecule has 0 radical (unpaired) electrons. The summed E-state index contributed by atoms with van der Waals surface area (Å²) in [5, 5.41) is 2.34. The number of benzene rings is 1. The second-order valence-electron chi connectivity index (χ2n) is 3.60. The molecular weight excluding hydrogens is 362 g/mol. The van der Waals surface area contributed by atoms with Crippen LogP contribution >= 0.6 is 28.1 Å². The van der Waals surface area contributed by atoms with Crippen LogP contribution in [0.3, 0.4) is 0 Å². The summed E-state index contributed by atoms with van der Waals surface area (Å²) in [6.07, 6.45) is -0.732. The van der Waals surface area contributed by atoms with Gasteiger partial charge in [-0.15, -0.1) is 0 Å². The molecule has 0 saturated heterocycles. The minimum atomic E-state index is -0.732. The lowest BCUT2D eigenvalue weighted by atomic mass is 10.2. The number of amides is 2. The summed E-state index contributed by atoms with van der Waals surface area (Å²) in [5.74, 6) is -0.0363. The first kappa shape index (κ1) is 17.2. The van der Waals surface area contributed by atoms with Crippen LogP contribution in [0.2, 0.25) is 0 Å². The zero-order valence-electron chi connectivity index (χ0n) is 11.4. The van der Waals surface area contributed by atoms with Gasteiger partial charge in [-0.2, -0.15) is 0 Å². The van der Waals surface area contributed by atoms with Crippen molar-refractivity contribution in [3.05, 3.63) is 28.2 Å². The first-order chi connectivity index (χ1) is 9.97. The number of halogens is 1. The Labute approximate surface area is 135 Å². The molecule has 0 aliphatic carbocycles. The molecule has 0 unspecified atom stereocenters. The summed E-state index contributed by atoms with van der Waals surface area (Å²) in [6, 6.07) is 5.04. The summed E-state index contributed by atoms with van der Waals surface area (Å²) < 4.78 is 10.4. The number of carbonyl (C=O) groups is 2. The molecule has 0 fully saturated rings. The van der Waals surface area contributed by atoms with Gasteiger partial charge in [-0.3, -0.25) is 15.5 Å². The fourth-order valence-electron chi connectivity index (χ4n) is 1.32. The van der Waals surface area contributed by atoms with Crippen molar-refractivity contribution in [1.82, 2.24) is 16.2 Å². The van der Waals surface area contributed by atoms with Gasteiger partial charge in [-0.05, 0) is 37.3 Å². The monoisotopic (exact) mass is 375 g/mol. The van der Waals surface area contributed by atoms with E-state index in [1.165, 1.54) is 7.11 Å². The fraction of sp³-hybridized carbons (Fsp3) is 0.250. The van der Waals surface area contributed by atoms with Gasteiger partial charge < -0.3 is 9.47 Å². The number of hydrogen-bond acceptors (Lipinski definition) is 5. The molecular formula is C12H14BrN3O4S. The smallest absolute Gasteiger partial charge is 0.425 e. The number of hydrogen-bond donors (Lipinski definition) is 3. The largest absolute Gasteiger partial charge is 0.493 e. The fourth-order valence-corrected chi connectivity index (χ4v) is 1.83. The molecule has 9 heteroatoms. The van der Waals surface area contributed by atoms with Gasteiger partial charge in [0.25, 0.3) is 5.91 Å². The highest BCUT2D eigenvalue weighted by Gasteiger charge is 2.14. The summed E-state index contributed by atoms with van der Waals surface area (Å²) >= 11 is 8.15. The summed E-state index contributed by atoms with van der Waals surface area (Å²) in [7, 11) is 1.20. The van der Waals surface area contributed by atoms with E-state index in [0.717, 1.165) is 4.47 Å². The molecule has 21 heavy (non-hydrogen) atoms. The SMILES string of the molecule is CCOc1ccc(Br)cc1C(=O)NC(=S)NNC(=O)OC. The van der Waals surface area contributed by atoms with Crippen LogP contribution in [-0.4, -0.2) is 30.8 Å². The van der Waals surface area contributed by atoms with E-state index in [1.807, 2.05) is 6.92 Å². The van der Waals surface area contributed by atoms with E-state index in [4.69, 9.17) is 17.0 Å². The number of thiocarbonyl (C=S) groups is 1. The Morgan fingerprint density at radius 3 is 2.67 bits per heavy atom. The maximum atomic E-state index is 12.1. The van der Waals surface area contributed by atoms with Crippen molar-refractivity contribution in [2.45, 2.75) is 6.92 Å². The molecule has 7 nitrogen and oxygen atoms in total. The van der Waals surface area contributed by atoms with E-state index in [-0.39, 0.29) is 5.11 Å². The van der Waals surface area contributed by atoms with Crippen molar-refractivity contribution in [3.63, 3.8) is 0 Å². The molecule has 1 aromatic rings. The van der Waals surface area contributed by atoms with E-state index >= 15 is 0 Å². The van der Waals surface area contributed by atoms with Crippen molar-refractivity contribution >= 4 is 45.3 Å². The summed E-state index contributed by atoms with van der Waals surface area (Å²) in [4.78, 5) is 23.0. The number of ether oxygens (including phenoxy) is 2. The van der Waals surface area contributed by atoms with Gasteiger partial charge in [0.2, 0.25) is 0 Å². The highest BCUT2D eigenvalue weighted by atomic mass is 79.9. The lowest BCUT2D eigenvalue weighted by Crippen LogP contribution is -2.48. The standard InChI is InChI=1S/C12H14BrN3O4S/c1-3-20-9-5-4-7(13)6-8(9)10(17)14-11(21)15-16-12(18)19-2/h4-6H,3H2,1-2H3,(H,16,18)(H2,14,15,17,21). The predicted molar refractivity (Wildman–Crippen MR) is 84.1 cm³/mol. The molecule has 0 atom stereocenters. The van der Waals surface area contributed by atoms with Crippen LogP contribution in [0.5, 0.6) is 5.75 Å². The highest BCUT2D eigenvalue weighted by Crippen LogP contribution is 2.23. The molecule has 1 aromatic carbocycles. The van der Waals surface area contributed by atoms with Crippen molar-refractivity contribution in [3.8, 4) is 5.75 Å². The number of rotatable bonds is 3. The zero-order valence-corrected chi connectivity index (χ0v) is 13.8. The molecule has 0 aliphatic heterocycles. The number of nitrogens with one attached hydrogen (secondary N) is 3. The Kier molecular flexibility index (Phi) is 6.89. The topological polar surface area (TPSA) is 88.7 Å². The number of carbonyl (C=O) groups excluding carboxylic acids is 2. The second kappa shape index (κ2) is 8.42. The van der Waals surface area contributed by atoms with E-state index in [1.54, 1.807) is 18.2 Å². The van der Waals surface area contributed by atoms with Crippen LogP contribution in [0.25, 0.3) is 0 Å². The first-order valence-electron chi connectivity index (χ1n) is 5.85. The van der Waals surface area contributed by atoms with Crippen LogP contribution in [0.15, 0.2) is 22.7 Å². The first-order valence-corrected chi connectivity index (χ1v) is 7.05. The third-order valence-corrected chi connectivity index (χ3v) is 2.87. The Morgan fingerprint density at radius 1 is 1.33 bits per heavy atom. The van der Waals surface area contributed by atoms with Gasteiger partial charge in [0.15, 0.2) is 5.11 Å². The van der Waals surface area contributed by atoms with Crippen LogP contribution in [0, 0.1) is 0 Å². The van der Waals surface area contributed by atoms with Gasteiger partial charge in [0.1, 0.15) is 5.75 Å². The highest BCUT2D eigenvalue weighted by molar-refractivity contribution is 9.10. The Morgan fingerprint density at radius 2 is 2.05 bits per heavy atom. The van der Waals surface area contributed by atoms with E-state index < -0.39 is 12.0 Å². The summed E-state index contributed by atoms with van der Waals surface area (Å²) in [6.45, 7) is 2.24. The minimum absolute atomic E-state index is 0.0761. The molecule has 0 aliphatic rings. The maximum Gasteiger partial charge on any atom is 0.425 e. The third-order valence-electron chi connectivity index (χ3n) is 2.18. The molecule has 2 amide bonds. The van der Waals surface area contributed by atoms with Gasteiger partial charge in [-0.1, -0.05) is 15.9 Å². The van der Waals surface area contributed by atoms with Gasteiger partial charge in [0, 0.05) is 4.47 Å². The molecule has 0 aromatic heterocycles. The Hall–Kier alpha value is -1.87. The van der Waals surface area contributed by atoms with Gasteiger partial charge in [0.05, 0.1) is 19.3 Å². The van der Waals surface area contributed by atoms with Gasteiger partial charge in [-0.25, -0.2) is 10.2 Å². The zero-order chi connectivity index (χ0) is 15.8. The quantitative estimate of drug-likeness (QED) is 0.550. The maximum absolute atomic E-state index is 12.1. The molecule has 1 rings (SSSR count). The van der Waals surface area contributed by atoms with Crippen molar-refractivity contribution in [2.24, 2.45) is 0 Å². The lowest BCUT2D eigenvalue weighted by molar-refractivity contribution is 0.0972. The Bertz CT molecular complexity index is 553. The van der Waals surface area contributed by atoms with E-state index in [0.29, 0.717) is 17.9 Å². The normalized spacial score (nSPS) is 9.48. The average molecular weight is 376 g/mol. The van der Waals surface area contributed by atoms with Gasteiger partial charge >= 0.3 is 6.09 Å². The predicted octanol–water partition coefficient (Wildman–Crippen LogP) is 1.72. The number of methoxy groups -OCH3 is 1. The van der Waals surface area contributed by atoms with Crippen LogP contribution in [0.1, 0.15) is 17.3 Å². The number of hydrazine groups is 1. The van der Waals surface area contributed by atoms with E-state index in [2.05, 4.69) is 36.8 Å². The minimum Gasteiger partial charge on any atom is -0.493 e. The second-order valence-corrected chi connectivity index (χ2v) is 4.92. The van der Waals surface area contributed by atoms with E-state index in [9.17, 15) is 9.59 Å². The molecule has 0 saturated carbocycles. The average Bonchev–Trinajstić information content (AvgIpc) is 2.46. The van der Waals surface area contributed by atoms with Crippen LogP contribution in [0.4, 0.5) is 4.79 Å². The van der Waals surface area contributed by atoms with Crippen molar-refractivity contribution in [1.29, 1.82) is 0 Å². The van der Waals surface area contributed by atoms with Crippen LogP contribution < -0.4 is 20.9 Å². The molecule has 0 spiro atoms. The Balaban J connectivity index is 2.72. The van der Waals surface area contributed by atoms with Crippen LogP contribution in [-0.2, 0) is 4.74 Å². The van der Waals surface area contributed by atoms with Crippen molar-refractivity contribution < 1.29 is 19.1 Å².